The highest BCUT2D eigenvalue weighted by Gasteiger charge is 2.24. The Bertz CT molecular complexity index is 1250. The van der Waals surface area contributed by atoms with Crippen molar-refractivity contribution in [3.8, 4) is 0 Å². The number of nitrogens with one attached hydrogen (secondary N) is 1. The number of rotatable bonds is 52. The van der Waals surface area contributed by atoms with Gasteiger partial charge in [0.05, 0.1) is 25.2 Å². The van der Waals surface area contributed by atoms with Crippen LogP contribution in [0.1, 0.15) is 284 Å². The summed E-state index contributed by atoms with van der Waals surface area (Å²) in [5.41, 5.74) is 0. The standard InChI is InChI=1S/C62H111NO5/c1-4-7-10-13-16-19-22-25-28-30-31-32-34-37-40-43-46-49-52-55-62(67)68-58(53-50-47-44-41-38-35-27-24-21-18-15-12-9-6-3)56-61(66)63-59(57-64)60(65)54-51-48-45-42-39-36-33-29-26-23-20-17-14-11-8-5-2/h7,10,16,19,25,28,31-32,37,40,46,49,58-60,64-65H,4-6,8-9,11-15,17-18,20-24,26-27,29-30,33-36,38-39,41-45,47-48,50-57H2,1-3H3,(H,63,66)/b10-7-,19-16-,28-25-,32-31-,40-37-,49-46-. The molecule has 0 saturated heterocycles. The van der Waals surface area contributed by atoms with Crippen molar-refractivity contribution in [1.82, 2.24) is 5.32 Å². The van der Waals surface area contributed by atoms with Crippen LogP contribution in [0, 0.1) is 0 Å². The second kappa shape index (κ2) is 55.2. The molecule has 6 heteroatoms. The molecule has 6 nitrogen and oxygen atoms in total. The summed E-state index contributed by atoms with van der Waals surface area (Å²) in [6.07, 6.45) is 71.2. The Labute approximate surface area is 421 Å². The SMILES string of the molecule is CC/C=C\C/C=C\C/C=C\C/C=C\C/C=C\C/C=C\CCC(=O)OC(CCCCCCCCCCCCCCCC)CC(=O)NC(CO)C(O)CCCCCCCCCCCCCCCCCC. The first-order chi connectivity index (χ1) is 33.5. The van der Waals surface area contributed by atoms with Gasteiger partial charge in [-0.15, -0.1) is 0 Å². The second-order valence-electron chi connectivity index (χ2n) is 19.7. The summed E-state index contributed by atoms with van der Waals surface area (Å²) in [5, 5.41) is 23.9. The fourth-order valence-corrected chi connectivity index (χ4v) is 8.69. The van der Waals surface area contributed by atoms with Gasteiger partial charge >= 0.3 is 5.97 Å². The summed E-state index contributed by atoms with van der Waals surface area (Å²) < 4.78 is 5.92. The fourth-order valence-electron chi connectivity index (χ4n) is 8.69. The van der Waals surface area contributed by atoms with Crippen molar-refractivity contribution in [3.05, 3.63) is 72.9 Å². The Kier molecular flexibility index (Phi) is 53.0. The molecule has 0 fully saturated rings. The second-order valence-corrected chi connectivity index (χ2v) is 19.7. The van der Waals surface area contributed by atoms with E-state index in [1.54, 1.807) is 0 Å². The van der Waals surface area contributed by atoms with E-state index in [-0.39, 0.29) is 31.3 Å². The first kappa shape index (κ1) is 65.3. The number of carbonyl (C=O) groups is 2. The minimum absolute atomic E-state index is 0.0480. The van der Waals surface area contributed by atoms with Gasteiger partial charge in [0.15, 0.2) is 0 Å². The van der Waals surface area contributed by atoms with Crippen LogP contribution in [-0.2, 0) is 14.3 Å². The summed E-state index contributed by atoms with van der Waals surface area (Å²) in [7, 11) is 0. The number of unbranched alkanes of at least 4 members (excludes halogenated alkanes) is 28. The summed E-state index contributed by atoms with van der Waals surface area (Å²) in [6, 6.07) is -0.718. The van der Waals surface area contributed by atoms with E-state index < -0.39 is 18.2 Å². The third kappa shape index (κ3) is 49.7. The van der Waals surface area contributed by atoms with Crippen molar-refractivity contribution in [2.75, 3.05) is 6.61 Å². The summed E-state index contributed by atoms with van der Waals surface area (Å²) in [5.74, 6) is -0.565. The molecule has 3 unspecified atom stereocenters. The summed E-state index contributed by atoms with van der Waals surface area (Å²) in [6.45, 7) is 6.38. The molecule has 0 aliphatic heterocycles. The number of hydrogen-bond acceptors (Lipinski definition) is 5. The lowest BCUT2D eigenvalue weighted by molar-refractivity contribution is -0.150. The number of allylic oxidation sites excluding steroid dienone is 12. The molecule has 0 heterocycles. The van der Waals surface area contributed by atoms with Crippen LogP contribution >= 0.6 is 0 Å². The van der Waals surface area contributed by atoms with Crippen molar-refractivity contribution in [2.24, 2.45) is 0 Å². The van der Waals surface area contributed by atoms with Crippen LogP contribution in [0.3, 0.4) is 0 Å². The minimum Gasteiger partial charge on any atom is -0.462 e. The number of carbonyl (C=O) groups excluding carboxylic acids is 2. The van der Waals surface area contributed by atoms with Crippen molar-refractivity contribution in [1.29, 1.82) is 0 Å². The molecular weight excluding hydrogens is 839 g/mol. The zero-order chi connectivity index (χ0) is 49.5. The highest BCUT2D eigenvalue weighted by Crippen LogP contribution is 2.18. The number of ether oxygens (including phenoxy) is 1. The lowest BCUT2D eigenvalue weighted by atomic mass is 10.0. The van der Waals surface area contributed by atoms with Crippen LogP contribution in [0.5, 0.6) is 0 Å². The highest BCUT2D eigenvalue weighted by molar-refractivity contribution is 5.77. The molecule has 0 aliphatic carbocycles. The molecule has 3 N–H and O–H groups in total. The van der Waals surface area contributed by atoms with Gasteiger partial charge in [0, 0.05) is 6.42 Å². The molecule has 0 aromatic rings. The Hall–Kier alpha value is -2.70. The molecule has 394 valence electrons. The van der Waals surface area contributed by atoms with Crippen molar-refractivity contribution < 1.29 is 24.5 Å². The van der Waals surface area contributed by atoms with Gasteiger partial charge in [0.25, 0.3) is 0 Å². The maximum Gasteiger partial charge on any atom is 0.306 e. The van der Waals surface area contributed by atoms with Crippen molar-refractivity contribution in [3.63, 3.8) is 0 Å². The summed E-state index contributed by atoms with van der Waals surface area (Å²) in [4.78, 5) is 26.2. The Balaban J connectivity index is 4.63. The van der Waals surface area contributed by atoms with E-state index in [4.69, 9.17) is 4.74 Å². The monoisotopic (exact) mass is 950 g/mol. The van der Waals surface area contributed by atoms with Crippen LogP contribution < -0.4 is 5.32 Å². The number of hydrogen-bond donors (Lipinski definition) is 3. The minimum atomic E-state index is -0.802. The van der Waals surface area contributed by atoms with E-state index in [0.717, 1.165) is 77.0 Å². The van der Waals surface area contributed by atoms with Crippen LogP contribution in [-0.4, -0.2) is 46.9 Å². The molecule has 0 aromatic carbocycles. The van der Waals surface area contributed by atoms with E-state index in [0.29, 0.717) is 19.3 Å². The Morgan fingerprint density at radius 1 is 0.441 bits per heavy atom. The van der Waals surface area contributed by atoms with E-state index in [9.17, 15) is 19.8 Å². The van der Waals surface area contributed by atoms with Gasteiger partial charge in [-0.05, 0) is 64.2 Å². The maximum atomic E-state index is 13.3. The van der Waals surface area contributed by atoms with Crippen LogP contribution in [0.25, 0.3) is 0 Å². The molecule has 0 aliphatic rings. The van der Waals surface area contributed by atoms with Gasteiger partial charge in [0.2, 0.25) is 5.91 Å². The van der Waals surface area contributed by atoms with Gasteiger partial charge < -0.3 is 20.3 Å². The molecule has 3 atom stereocenters. The molecule has 0 saturated carbocycles. The van der Waals surface area contributed by atoms with E-state index in [1.165, 1.54) is 154 Å². The topological polar surface area (TPSA) is 95.9 Å². The molecule has 0 rings (SSSR count). The lowest BCUT2D eigenvalue weighted by Crippen LogP contribution is -2.46. The molecule has 0 spiro atoms. The Morgan fingerprint density at radius 3 is 1.12 bits per heavy atom. The van der Waals surface area contributed by atoms with Crippen LogP contribution in [0.4, 0.5) is 0 Å². The number of amides is 1. The van der Waals surface area contributed by atoms with Gasteiger partial charge in [0.1, 0.15) is 6.10 Å². The third-order valence-electron chi connectivity index (χ3n) is 13.1. The largest absolute Gasteiger partial charge is 0.462 e. The molecule has 0 aromatic heterocycles. The predicted octanol–water partition coefficient (Wildman–Crippen LogP) is 18.1. The van der Waals surface area contributed by atoms with Crippen molar-refractivity contribution in [2.45, 2.75) is 302 Å². The quantitative estimate of drug-likeness (QED) is 0.0321. The number of aliphatic hydroxyl groups is 2. The molecule has 0 bridgehead atoms. The Morgan fingerprint density at radius 2 is 0.765 bits per heavy atom. The van der Waals surface area contributed by atoms with Gasteiger partial charge in [-0.1, -0.05) is 280 Å². The predicted molar refractivity (Wildman–Crippen MR) is 296 cm³/mol. The average Bonchev–Trinajstić information content (AvgIpc) is 3.33. The number of esters is 1. The zero-order valence-electron chi connectivity index (χ0n) is 45.0. The van der Waals surface area contributed by atoms with E-state index >= 15 is 0 Å². The molecular formula is C62H111NO5. The first-order valence-electron chi connectivity index (χ1n) is 29.2. The van der Waals surface area contributed by atoms with E-state index in [1.807, 2.05) is 6.08 Å². The van der Waals surface area contributed by atoms with Gasteiger partial charge in [-0.3, -0.25) is 9.59 Å². The molecule has 1 amide bonds. The fraction of sp³-hybridized carbons (Fsp3) is 0.774. The summed E-state index contributed by atoms with van der Waals surface area (Å²) >= 11 is 0. The third-order valence-corrected chi connectivity index (χ3v) is 13.1. The highest BCUT2D eigenvalue weighted by atomic mass is 16.5. The number of aliphatic hydroxyl groups excluding tert-OH is 2. The maximum absolute atomic E-state index is 13.3. The smallest absolute Gasteiger partial charge is 0.306 e. The first-order valence-corrected chi connectivity index (χ1v) is 29.2. The normalized spacial score (nSPS) is 13.7. The van der Waals surface area contributed by atoms with Crippen molar-refractivity contribution >= 4 is 11.9 Å². The van der Waals surface area contributed by atoms with Crippen LogP contribution in [0.2, 0.25) is 0 Å². The average molecular weight is 951 g/mol. The zero-order valence-corrected chi connectivity index (χ0v) is 45.0. The molecule has 68 heavy (non-hydrogen) atoms. The van der Waals surface area contributed by atoms with Gasteiger partial charge in [-0.25, -0.2) is 0 Å². The lowest BCUT2D eigenvalue weighted by Gasteiger charge is -2.24. The van der Waals surface area contributed by atoms with E-state index in [2.05, 4.69) is 92.9 Å². The van der Waals surface area contributed by atoms with Gasteiger partial charge in [-0.2, -0.15) is 0 Å². The molecule has 0 radical (unpaired) electrons. The van der Waals surface area contributed by atoms with Crippen LogP contribution in [0.15, 0.2) is 72.9 Å².